The molecule has 2 aliphatic heterocycles. The Balaban J connectivity index is 0.885. The number of aromatic nitrogens is 1. The summed E-state index contributed by atoms with van der Waals surface area (Å²) < 4.78 is 12.3. The monoisotopic (exact) mass is 614 g/mol. The number of carbonyl (C=O) groups excluding carboxylic acids is 1. The Morgan fingerprint density at radius 1 is 1.09 bits per heavy atom. The molecule has 2 fully saturated rings. The van der Waals surface area contributed by atoms with Gasteiger partial charge in [0.2, 0.25) is 0 Å². The summed E-state index contributed by atoms with van der Waals surface area (Å²) in [6, 6.07) is 5.03. The Kier molecular flexibility index (Phi) is 11.0. The lowest BCUT2D eigenvalue weighted by molar-refractivity contribution is -0.127. The molecule has 11 heteroatoms. The number of aromatic amines is 1. The second-order valence-corrected chi connectivity index (χ2v) is 13.1. The minimum absolute atomic E-state index is 0.0206. The molecule has 3 aromatic rings. The van der Waals surface area contributed by atoms with Crippen molar-refractivity contribution in [1.82, 2.24) is 20.1 Å². The van der Waals surface area contributed by atoms with E-state index < -0.39 is 6.10 Å². The van der Waals surface area contributed by atoms with Crippen LogP contribution >= 0.6 is 11.3 Å². The van der Waals surface area contributed by atoms with E-state index in [1.165, 1.54) is 44.6 Å². The Morgan fingerprint density at radius 3 is 2.58 bits per heavy atom. The number of phenols is 1. The molecule has 0 aliphatic carbocycles. The van der Waals surface area contributed by atoms with Crippen molar-refractivity contribution in [2.45, 2.75) is 76.4 Å². The van der Waals surface area contributed by atoms with E-state index in [1.54, 1.807) is 12.3 Å². The van der Waals surface area contributed by atoms with Gasteiger partial charge in [0, 0.05) is 37.3 Å². The fourth-order valence-corrected chi connectivity index (χ4v) is 7.28. The van der Waals surface area contributed by atoms with E-state index in [4.69, 9.17) is 9.15 Å². The minimum Gasteiger partial charge on any atom is -0.506 e. The third kappa shape index (κ3) is 8.07. The summed E-state index contributed by atoms with van der Waals surface area (Å²) in [7, 11) is 0. The number of fused-ring (bicyclic) bond motifs is 1. The van der Waals surface area contributed by atoms with Crippen LogP contribution in [0.3, 0.4) is 0 Å². The third-order valence-electron chi connectivity index (χ3n) is 8.97. The van der Waals surface area contributed by atoms with E-state index >= 15 is 0 Å². The number of aromatic hydroxyl groups is 1. The van der Waals surface area contributed by atoms with E-state index in [0.717, 1.165) is 62.3 Å². The average Bonchev–Trinajstić information content (AvgIpc) is 3.62. The quantitative estimate of drug-likeness (QED) is 0.195. The standard InChI is InChI=1S/C32H46N4O6S/c1-23-11-19-41-28(23)30(39)36-18-20-42-32(22-36)12-16-35(17-13-32)15-8-6-4-2-3-5-7-14-33-21-26(38)24-9-10-25(37)27-29(24)43-31(40)34-27/h9-11,19,26,33,37-38H,2-8,12-18,20-22H2,1H3,(H,34,40)/t26-/m0/s1. The molecule has 4 heterocycles. The average molecular weight is 615 g/mol. The number of ether oxygens (including phenoxy) is 1. The molecule has 2 saturated heterocycles. The molecule has 4 N–H and O–H groups in total. The van der Waals surface area contributed by atoms with Crippen molar-refractivity contribution in [3.8, 4) is 5.75 Å². The number of unbranched alkanes of at least 4 members (excludes halogenated alkanes) is 6. The number of benzene rings is 1. The number of thiazole rings is 1. The maximum Gasteiger partial charge on any atom is 0.305 e. The van der Waals surface area contributed by atoms with Gasteiger partial charge in [-0.05, 0) is 57.8 Å². The third-order valence-corrected chi connectivity index (χ3v) is 9.90. The molecule has 43 heavy (non-hydrogen) atoms. The number of amides is 1. The number of aryl methyl sites for hydroxylation is 1. The van der Waals surface area contributed by atoms with Crippen LogP contribution in [-0.2, 0) is 4.74 Å². The van der Waals surface area contributed by atoms with Gasteiger partial charge < -0.3 is 39.5 Å². The van der Waals surface area contributed by atoms with Crippen LogP contribution in [0.2, 0.25) is 0 Å². The summed E-state index contributed by atoms with van der Waals surface area (Å²) in [5, 5.41) is 23.8. The lowest BCUT2D eigenvalue weighted by Gasteiger charge is -2.47. The summed E-state index contributed by atoms with van der Waals surface area (Å²) >= 11 is 1.01. The minimum atomic E-state index is -0.731. The van der Waals surface area contributed by atoms with Crippen molar-refractivity contribution >= 4 is 27.5 Å². The number of phenolic OH excluding ortho intramolecular Hbond substituents is 1. The summed E-state index contributed by atoms with van der Waals surface area (Å²) in [4.78, 5) is 31.5. The topological polar surface area (TPSA) is 131 Å². The number of carbonyl (C=O) groups is 1. The Morgan fingerprint density at radius 2 is 1.84 bits per heavy atom. The van der Waals surface area contributed by atoms with Gasteiger partial charge in [0.15, 0.2) is 5.76 Å². The van der Waals surface area contributed by atoms with Crippen molar-refractivity contribution in [2.75, 3.05) is 52.4 Å². The number of morpholine rings is 1. The van der Waals surface area contributed by atoms with Gasteiger partial charge in [0.05, 0.1) is 35.8 Å². The fourth-order valence-electron chi connectivity index (χ4n) is 6.36. The van der Waals surface area contributed by atoms with E-state index in [0.29, 0.717) is 47.8 Å². The first-order chi connectivity index (χ1) is 20.8. The van der Waals surface area contributed by atoms with Crippen molar-refractivity contribution in [1.29, 1.82) is 0 Å². The van der Waals surface area contributed by atoms with Crippen molar-refractivity contribution < 1.29 is 24.2 Å². The number of piperidine rings is 1. The van der Waals surface area contributed by atoms with Crippen molar-refractivity contribution in [2.24, 2.45) is 0 Å². The lowest BCUT2D eigenvalue weighted by atomic mass is 9.89. The molecule has 0 bridgehead atoms. The molecule has 2 aromatic heterocycles. The molecule has 1 spiro atoms. The number of nitrogens with one attached hydrogen (secondary N) is 2. The second kappa shape index (κ2) is 14.9. The van der Waals surface area contributed by atoms with Crippen LogP contribution in [0.4, 0.5) is 0 Å². The highest BCUT2D eigenvalue weighted by molar-refractivity contribution is 7.16. The van der Waals surface area contributed by atoms with E-state index in [-0.39, 0.29) is 22.1 Å². The number of aliphatic hydroxyl groups is 1. The summed E-state index contributed by atoms with van der Waals surface area (Å²) in [6.45, 7) is 8.19. The Hall–Kier alpha value is -2.70. The van der Waals surface area contributed by atoms with Gasteiger partial charge in [-0.2, -0.15) is 0 Å². The maximum atomic E-state index is 12.9. The predicted octanol–water partition coefficient (Wildman–Crippen LogP) is 4.56. The molecular formula is C32H46N4O6S. The Labute approximate surface area is 257 Å². The molecular weight excluding hydrogens is 568 g/mol. The van der Waals surface area contributed by atoms with Crippen molar-refractivity contribution in [3.05, 3.63) is 51.0 Å². The maximum absolute atomic E-state index is 12.9. The van der Waals surface area contributed by atoms with Crippen LogP contribution in [-0.4, -0.2) is 88.9 Å². The lowest BCUT2D eigenvalue weighted by Crippen LogP contribution is -2.58. The normalized spacial score (nSPS) is 18.0. The molecule has 5 rings (SSSR count). The molecule has 0 radical (unpaired) electrons. The number of hydrogen-bond acceptors (Lipinski definition) is 9. The zero-order valence-electron chi connectivity index (χ0n) is 25.2. The summed E-state index contributed by atoms with van der Waals surface area (Å²) in [6.07, 6.45) is 11.2. The highest BCUT2D eigenvalue weighted by atomic mass is 32.1. The van der Waals surface area contributed by atoms with Gasteiger partial charge in [-0.15, -0.1) is 0 Å². The van der Waals surface area contributed by atoms with E-state index in [2.05, 4.69) is 15.2 Å². The Bertz CT molecular complexity index is 1390. The zero-order chi connectivity index (χ0) is 30.2. The smallest absolute Gasteiger partial charge is 0.305 e. The zero-order valence-corrected chi connectivity index (χ0v) is 26.1. The SMILES string of the molecule is Cc1ccoc1C(=O)N1CCOC2(CCN(CCCCCCCCCNC[C@H](O)c3ccc(O)c4[nH]c(=O)sc34)CC2)C1. The van der Waals surface area contributed by atoms with Crippen LogP contribution < -0.4 is 10.2 Å². The van der Waals surface area contributed by atoms with Crippen LogP contribution in [0.15, 0.2) is 33.7 Å². The van der Waals surface area contributed by atoms with Gasteiger partial charge in [0.25, 0.3) is 5.91 Å². The molecule has 236 valence electrons. The molecule has 0 unspecified atom stereocenters. The van der Waals surface area contributed by atoms with Gasteiger partial charge in [0.1, 0.15) is 11.3 Å². The first kappa shape index (κ1) is 31.7. The number of rotatable bonds is 14. The molecule has 10 nitrogen and oxygen atoms in total. The van der Waals surface area contributed by atoms with Crippen LogP contribution in [0.5, 0.6) is 5.75 Å². The summed E-state index contributed by atoms with van der Waals surface area (Å²) in [5.41, 5.74) is 1.72. The number of likely N-dealkylation sites (tertiary alicyclic amines) is 1. The molecule has 0 saturated carbocycles. The van der Waals surface area contributed by atoms with Gasteiger partial charge in [-0.1, -0.05) is 49.5 Å². The van der Waals surface area contributed by atoms with E-state index in [1.807, 2.05) is 17.9 Å². The largest absolute Gasteiger partial charge is 0.506 e. The van der Waals surface area contributed by atoms with Gasteiger partial charge >= 0.3 is 4.87 Å². The molecule has 1 aromatic carbocycles. The molecule has 2 aliphatic rings. The van der Waals surface area contributed by atoms with Gasteiger partial charge in [-0.25, -0.2) is 0 Å². The van der Waals surface area contributed by atoms with Crippen LogP contribution in [0, 0.1) is 6.92 Å². The molecule has 1 atom stereocenters. The number of nitrogens with zero attached hydrogens (tertiary/aromatic N) is 2. The summed E-state index contributed by atoms with van der Waals surface area (Å²) in [5.74, 6) is 0.455. The highest BCUT2D eigenvalue weighted by Crippen LogP contribution is 2.32. The number of aliphatic hydroxyl groups excluding tert-OH is 1. The number of furan rings is 1. The van der Waals surface area contributed by atoms with E-state index in [9.17, 15) is 19.8 Å². The highest BCUT2D eigenvalue weighted by Gasteiger charge is 2.41. The second-order valence-electron chi connectivity index (χ2n) is 12.1. The predicted molar refractivity (Wildman–Crippen MR) is 168 cm³/mol. The fraction of sp³-hybridized carbons (Fsp3) is 0.625. The van der Waals surface area contributed by atoms with Crippen LogP contribution in [0.25, 0.3) is 10.2 Å². The number of H-pyrrole nitrogens is 1. The first-order valence-electron chi connectivity index (χ1n) is 15.8. The van der Waals surface area contributed by atoms with Crippen molar-refractivity contribution in [3.63, 3.8) is 0 Å². The van der Waals surface area contributed by atoms with Crippen LogP contribution in [0.1, 0.15) is 85.6 Å². The van der Waals surface area contributed by atoms with Gasteiger partial charge in [-0.3, -0.25) is 9.59 Å². The first-order valence-corrected chi connectivity index (χ1v) is 16.6. The number of hydrogen-bond donors (Lipinski definition) is 4. The molecule has 1 amide bonds.